The Labute approximate surface area is 187 Å². The molecule has 1 unspecified atom stereocenters. The molecule has 0 aliphatic heterocycles. The molecule has 0 bridgehead atoms. The predicted octanol–water partition coefficient (Wildman–Crippen LogP) is 6.47. The normalized spacial score (nSPS) is 20.6. The van der Waals surface area contributed by atoms with Crippen LogP contribution >= 0.6 is 23.2 Å². The van der Waals surface area contributed by atoms with E-state index in [1.54, 1.807) is 6.92 Å². The van der Waals surface area contributed by atoms with Crippen molar-refractivity contribution in [3.8, 4) is 0 Å². The number of hydrogen-bond donors (Lipinski definition) is 2. The van der Waals surface area contributed by atoms with Crippen LogP contribution in [-0.4, -0.2) is 11.9 Å². The van der Waals surface area contributed by atoms with Crippen LogP contribution in [0.3, 0.4) is 0 Å². The van der Waals surface area contributed by atoms with Gasteiger partial charge >= 0.3 is 0 Å². The molecule has 0 spiro atoms. The number of carbonyl (C=O) groups excluding carboxylic acids is 1. The van der Waals surface area contributed by atoms with Gasteiger partial charge in [0.2, 0.25) is 5.91 Å². The molecule has 2 aromatic carbocycles. The SMILES string of the molecule is CC(=O)NC1Cc2cccc(N[C@H](c3c(F)ccc(Cl)c3Cl)C3(C)CCCC3)c2C1. The van der Waals surface area contributed by atoms with Gasteiger partial charge in [0, 0.05) is 24.2 Å². The highest BCUT2D eigenvalue weighted by molar-refractivity contribution is 6.42. The average molecular weight is 449 g/mol. The molecule has 1 saturated carbocycles. The van der Waals surface area contributed by atoms with Gasteiger partial charge in [-0.25, -0.2) is 4.39 Å². The van der Waals surface area contributed by atoms with E-state index in [4.69, 9.17) is 23.2 Å². The van der Waals surface area contributed by atoms with Gasteiger partial charge in [-0.1, -0.05) is 55.1 Å². The molecule has 3 nitrogen and oxygen atoms in total. The molecule has 2 aliphatic carbocycles. The zero-order valence-electron chi connectivity index (χ0n) is 17.3. The minimum absolute atomic E-state index is 0.0218. The Kier molecular flexibility index (Phi) is 6.00. The first-order chi connectivity index (χ1) is 14.3. The maximum absolute atomic E-state index is 15.1. The molecule has 0 heterocycles. The van der Waals surface area contributed by atoms with Crippen LogP contribution in [0.2, 0.25) is 10.0 Å². The van der Waals surface area contributed by atoms with Gasteiger partial charge in [-0.15, -0.1) is 0 Å². The Morgan fingerprint density at radius 3 is 2.60 bits per heavy atom. The molecule has 30 heavy (non-hydrogen) atoms. The summed E-state index contributed by atoms with van der Waals surface area (Å²) in [7, 11) is 0. The van der Waals surface area contributed by atoms with Crippen molar-refractivity contribution >= 4 is 34.8 Å². The number of nitrogens with one attached hydrogen (secondary N) is 2. The first-order valence-electron chi connectivity index (χ1n) is 10.6. The Balaban J connectivity index is 1.73. The smallest absolute Gasteiger partial charge is 0.217 e. The summed E-state index contributed by atoms with van der Waals surface area (Å²) in [6.45, 7) is 3.75. The molecule has 1 fully saturated rings. The number of benzene rings is 2. The number of amides is 1. The van der Waals surface area contributed by atoms with E-state index in [2.05, 4.69) is 23.6 Å². The molecule has 0 saturated heterocycles. The molecule has 0 radical (unpaired) electrons. The highest BCUT2D eigenvalue weighted by atomic mass is 35.5. The van der Waals surface area contributed by atoms with E-state index in [9.17, 15) is 4.79 Å². The average Bonchev–Trinajstić information content (AvgIpc) is 3.30. The maximum atomic E-state index is 15.1. The molecule has 4 rings (SSSR count). The predicted molar refractivity (Wildman–Crippen MR) is 121 cm³/mol. The summed E-state index contributed by atoms with van der Waals surface area (Å²) < 4.78 is 15.1. The monoisotopic (exact) mass is 448 g/mol. The van der Waals surface area contributed by atoms with E-state index in [0.717, 1.165) is 44.2 Å². The van der Waals surface area contributed by atoms with Gasteiger partial charge in [0.05, 0.1) is 16.1 Å². The first kappa shape index (κ1) is 21.5. The van der Waals surface area contributed by atoms with Gasteiger partial charge in [0.1, 0.15) is 5.82 Å². The first-order valence-corrected chi connectivity index (χ1v) is 11.3. The summed E-state index contributed by atoms with van der Waals surface area (Å²) in [4.78, 5) is 11.5. The largest absolute Gasteiger partial charge is 0.377 e. The third-order valence-electron chi connectivity index (χ3n) is 6.71. The lowest BCUT2D eigenvalue weighted by atomic mass is 9.76. The summed E-state index contributed by atoms with van der Waals surface area (Å²) >= 11 is 12.8. The van der Waals surface area contributed by atoms with E-state index in [1.807, 2.05) is 12.1 Å². The minimum atomic E-state index is -0.335. The van der Waals surface area contributed by atoms with Crippen molar-refractivity contribution in [3.63, 3.8) is 0 Å². The minimum Gasteiger partial charge on any atom is -0.377 e. The number of rotatable bonds is 5. The summed E-state index contributed by atoms with van der Waals surface area (Å²) in [6.07, 6.45) is 5.79. The number of hydrogen-bond acceptors (Lipinski definition) is 2. The Morgan fingerprint density at radius 2 is 1.90 bits per heavy atom. The second-order valence-electron chi connectivity index (χ2n) is 8.94. The van der Waals surface area contributed by atoms with Gasteiger partial charge in [-0.3, -0.25) is 4.79 Å². The molecule has 1 amide bonds. The molecule has 2 atom stereocenters. The van der Waals surface area contributed by atoms with Crippen molar-refractivity contribution in [2.75, 3.05) is 5.32 Å². The number of halogens is 3. The Bertz CT molecular complexity index is 972. The van der Waals surface area contributed by atoms with Gasteiger partial charge in [-0.05, 0) is 60.4 Å². The van der Waals surface area contributed by atoms with Crippen molar-refractivity contribution < 1.29 is 9.18 Å². The zero-order valence-corrected chi connectivity index (χ0v) is 18.8. The van der Waals surface area contributed by atoms with E-state index in [1.165, 1.54) is 23.3 Å². The highest BCUT2D eigenvalue weighted by Crippen LogP contribution is 2.51. The molecule has 0 aromatic heterocycles. The van der Waals surface area contributed by atoms with Crippen LogP contribution in [0.15, 0.2) is 30.3 Å². The van der Waals surface area contributed by atoms with Crippen LogP contribution in [0.5, 0.6) is 0 Å². The quantitative estimate of drug-likeness (QED) is 0.514. The van der Waals surface area contributed by atoms with Crippen molar-refractivity contribution in [2.45, 2.75) is 64.5 Å². The van der Waals surface area contributed by atoms with E-state index >= 15 is 4.39 Å². The standard InChI is InChI=1S/C24H27Cl2FN2O/c1-14(30)28-16-12-15-6-5-7-20(17(15)13-16)29-23(24(2)10-3-4-11-24)21-19(27)9-8-18(25)22(21)26/h5-9,16,23,29H,3-4,10-13H2,1-2H3,(H,28,30)/t16?,23-/m1/s1. The third kappa shape index (κ3) is 4.04. The van der Waals surface area contributed by atoms with Crippen LogP contribution < -0.4 is 10.6 Å². The topological polar surface area (TPSA) is 41.1 Å². The molecular weight excluding hydrogens is 422 g/mol. The van der Waals surface area contributed by atoms with E-state index in [-0.39, 0.29) is 34.2 Å². The van der Waals surface area contributed by atoms with Crippen molar-refractivity contribution in [1.29, 1.82) is 0 Å². The molecule has 6 heteroatoms. The summed E-state index contributed by atoms with van der Waals surface area (Å²) in [6, 6.07) is 8.86. The van der Waals surface area contributed by atoms with Crippen molar-refractivity contribution in [1.82, 2.24) is 5.32 Å². The lowest BCUT2D eigenvalue weighted by Crippen LogP contribution is -2.33. The van der Waals surface area contributed by atoms with Gasteiger partial charge in [0.25, 0.3) is 0 Å². The number of anilines is 1. The lowest BCUT2D eigenvalue weighted by molar-refractivity contribution is -0.119. The van der Waals surface area contributed by atoms with Gasteiger partial charge in [-0.2, -0.15) is 0 Å². The number of fused-ring (bicyclic) bond motifs is 1. The van der Waals surface area contributed by atoms with Crippen LogP contribution in [-0.2, 0) is 17.6 Å². The summed E-state index contributed by atoms with van der Waals surface area (Å²) in [5.41, 5.74) is 3.69. The Hall–Kier alpha value is -1.78. The molecule has 2 aromatic rings. The van der Waals surface area contributed by atoms with Crippen LogP contribution in [0, 0.1) is 11.2 Å². The lowest BCUT2D eigenvalue weighted by Gasteiger charge is -2.37. The van der Waals surface area contributed by atoms with Crippen molar-refractivity contribution in [3.05, 3.63) is 62.9 Å². The zero-order chi connectivity index (χ0) is 21.5. The fraction of sp³-hybridized carbons (Fsp3) is 0.458. The maximum Gasteiger partial charge on any atom is 0.217 e. The molecular formula is C24H27Cl2FN2O. The van der Waals surface area contributed by atoms with Crippen LogP contribution in [0.4, 0.5) is 10.1 Å². The van der Waals surface area contributed by atoms with Gasteiger partial charge < -0.3 is 10.6 Å². The summed E-state index contributed by atoms with van der Waals surface area (Å²) in [5, 5.41) is 7.34. The van der Waals surface area contributed by atoms with Crippen molar-refractivity contribution in [2.24, 2.45) is 5.41 Å². The summed E-state index contributed by atoms with van der Waals surface area (Å²) in [5.74, 6) is -0.356. The fourth-order valence-electron chi connectivity index (χ4n) is 5.20. The second kappa shape index (κ2) is 8.39. The van der Waals surface area contributed by atoms with E-state index in [0.29, 0.717) is 10.6 Å². The number of carbonyl (C=O) groups is 1. The molecule has 2 N–H and O–H groups in total. The highest BCUT2D eigenvalue weighted by Gasteiger charge is 2.41. The second-order valence-corrected chi connectivity index (χ2v) is 9.73. The van der Waals surface area contributed by atoms with Crippen LogP contribution in [0.25, 0.3) is 0 Å². The fourth-order valence-corrected chi connectivity index (χ4v) is 5.63. The van der Waals surface area contributed by atoms with Crippen LogP contribution in [0.1, 0.15) is 62.3 Å². The molecule has 160 valence electrons. The van der Waals surface area contributed by atoms with Gasteiger partial charge in [0.15, 0.2) is 0 Å². The van der Waals surface area contributed by atoms with E-state index < -0.39 is 0 Å². The Morgan fingerprint density at radius 1 is 1.17 bits per heavy atom. The molecule has 2 aliphatic rings. The third-order valence-corrected chi connectivity index (χ3v) is 7.53.